The molecule has 3 heterocycles. The monoisotopic (exact) mass is 375 g/mol. The summed E-state index contributed by atoms with van der Waals surface area (Å²) < 4.78 is 25.5. The van der Waals surface area contributed by atoms with Crippen LogP contribution in [0, 0.1) is 6.92 Å². The molecule has 2 aliphatic rings. The van der Waals surface area contributed by atoms with Gasteiger partial charge < -0.3 is 21.7 Å². The minimum Gasteiger partial charge on any atom is -0.404 e. The fourth-order valence-corrected chi connectivity index (χ4v) is 2.89. The lowest BCUT2D eigenvalue weighted by Gasteiger charge is -2.18. The molecule has 1 atom stereocenters. The highest BCUT2D eigenvalue weighted by molar-refractivity contribution is 6.10. The molecular weight excluding hydrogens is 352 g/mol. The Bertz CT molecular complexity index is 793. The summed E-state index contributed by atoms with van der Waals surface area (Å²) in [5.74, 6) is 0.628. The van der Waals surface area contributed by atoms with Crippen LogP contribution >= 0.6 is 0 Å². The van der Waals surface area contributed by atoms with Crippen molar-refractivity contribution in [2.24, 2.45) is 15.7 Å². The van der Waals surface area contributed by atoms with E-state index in [1.54, 1.807) is 18.5 Å². The number of hydrogen-bond acceptors (Lipinski definition) is 7. The Balaban J connectivity index is 1.69. The van der Waals surface area contributed by atoms with E-state index in [2.05, 4.69) is 30.9 Å². The van der Waals surface area contributed by atoms with Crippen LogP contribution in [0.1, 0.15) is 17.5 Å². The maximum atomic E-state index is 12.8. The fourth-order valence-electron chi connectivity index (χ4n) is 2.89. The first-order valence-corrected chi connectivity index (χ1v) is 8.76. The zero-order valence-corrected chi connectivity index (χ0v) is 15.0. The van der Waals surface area contributed by atoms with Crippen molar-refractivity contribution in [2.75, 3.05) is 25.0 Å². The normalized spacial score (nSPS) is 20.6. The van der Waals surface area contributed by atoms with Gasteiger partial charge in [-0.15, -0.1) is 0 Å². The summed E-state index contributed by atoms with van der Waals surface area (Å²) in [6.07, 6.45) is 5.05. The Morgan fingerprint density at radius 1 is 1.48 bits per heavy atom. The predicted molar refractivity (Wildman–Crippen MR) is 104 cm³/mol. The Labute approximate surface area is 156 Å². The van der Waals surface area contributed by atoms with Crippen LogP contribution in [0.5, 0.6) is 0 Å². The van der Waals surface area contributed by atoms with Gasteiger partial charge in [-0.2, -0.15) is 0 Å². The molecule has 7 nitrogen and oxygen atoms in total. The molecular formula is C18H23F2N7. The molecule has 144 valence electrons. The number of amidine groups is 1. The van der Waals surface area contributed by atoms with Crippen molar-refractivity contribution < 1.29 is 8.78 Å². The maximum Gasteiger partial charge on any atom is 0.295 e. The van der Waals surface area contributed by atoms with Crippen LogP contribution < -0.4 is 21.7 Å². The summed E-state index contributed by atoms with van der Waals surface area (Å²) >= 11 is 0. The first-order chi connectivity index (χ1) is 13.1. The van der Waals surface area contributed by atoms with Crippen molar-refractivity contribution >= 4 is 23.4 Å². The van der Waals surface area contributed by atoms with Gasteiger partial charge in [0.25, 0.3) is 6.43 Å². The number of pyridine rings is 1. The lowest BCUT2D eigenvalue weighted by atomic mass is 10.0. The second-order valence-electron chi connectivity index (χ2n) is 6.33. The van der Waals surface area contributed by atoms with Gasteiger partial charge in [-0.1, -0.05) is 0 Å². The first kappa shape index (κ1) is 19.0. The lowest BCUT2D eigenvalue weighted by Crippen LogP contribution is -2.35. The molecule has 1 aromatic heterocycles. The largest absolute Gasteiger partial charge is 0.404 e. The van der Waals surface area contributed by atoms with E-state index in [4.69, 9.17) is 5.73 Å². The number of nitrogens with two attached hydrogens (primary N) is 1. The van der Waals surface area contributed by atoms with Crippen molar-refractivity contribution in [3.05, 3.63) is 41.5 Å². The molecule has 1 saturated heterocycles. The van der Waals surface area contributed by atoms with E-state index in [9.17, 15) is 8.78 Å². The van der Waals surface area contributed by atoms with Gasteiger partial charge in [-0.25, -0.2) is 13.8 Å². The van der Waals surface area contributed by atoms with E-state index in [1.165, 1.54) is 6.20 Å². The molecule has 9 heteroatoms. The summed E-state index contributed by atoms with van der Waals surface area (Å²) in [5, 5.41) is 8.84. The molecule has 2 aliphatic heterocycles. The predicted octanol–water partition coefficient (Wildman–Crippen LogP) is 1.64. The second-order valence-corrected chi connectivity index (χ2v) is 6.33. The molecule has 0 bridgehead atoms. The van der Waals surface area contributed by atoms with Gasteiger partial charge in [0.15, 0.2) is 5.84 Å². The maximum absolute atomic E-state index is 12.8. The highest BCUT2D eigenvalue weighted by atomic mass is 19.3. The van der Waals surface area contributed by atoms with Gasteiger partial charge in [0, 0.05) is 36.3 Å². The number of nitrogens with zero attached hydrogens (tertiary/aromatic N) is 3. The van der Waals surface area contributed by atoms with Gasteiger partial charge >= 0.3 is 0 Å². The number of halogens is 2. The number of hydrogen-bond donors (Lipinski definition) is 4. The molecule has 1 fully saturated rings. The minimum atomic E-state index is -2.64. The van der Waals surface area contributed by atoms with E-state index in [-0.39, 0.29) is 18.4 Å². The number of alkyl halides is 2. The highest BCUT2D eigenvalue weighted by Gasteiger charge is 2.17. The first-order valence-electron chi connectivity index (χ1n) is 8.76. The molecule has 0 radical (unpaired) electrons. The Morgan fingerprint density at radius 3 is 3.00 bits per heavy atom. The topological polar surface area (TPSA) is 99.7 Å². The van der Waals surface area contributed by atoms with E-state index < -0.39 is 6.43 Å². The van der Waals surface area contributed by atoms with Gasteiger partial charge in [0.2, 0.25) is 0 Å². The number of aliphatic imine (C=N–C) groups is 2. The molecule has 1 aromatic rings. The molecule has 3 rings (SSSR count). The summed E-state index contributed by atoms with van der Waals surface area (Å²) in [6.45, 7) is 3.98. The van der Waals surface area contributed by atoms with Crippen LogP contribution in [0.4, 0.5) is 14.6 Å². The van der Waals surface area contributed by atoms with Crippen LogP contribution in [-0.2, 0) is 0 Å². The number of aromatic nitrogens is 1. The quantitative estimate of drug-likeness (QED) is 0.567. The lowest BCUT2D eigenvalue weighted by molar-refractivity contribution is 0.221. The number of allylic oxidation sites excluding steroid dienone is 1. The zero-order chi connectivity index (χ0) is 19.2. The fraction of sp³-hybridized carbons (Fsp3) is 0.389. The van der Waals surface area contributed by atoms with E-state index in [0.29, 0.717) is 11.6 Å². The second kappa shape index (κ2) is 8.72. The van der Waals surface area contributed by atoms with Gasteiger partial charge in [-0.3, -0.25) is 9.98 Å². The van der Waals surface area contributed by atoms with Gasteiger partial charge in [0.05, 0.1) is 12.6 Å². The van der Waals surface area contributed by atoms with Gasteiger partial charge in [-0.05, 0) is 37.6 Å². The Morgan fingerprint density at radius 2 is 2.33 bits per heavy atom. The standard InChI is InChI=1S/C18H23F2N7/c1-11-6-16(26-15-3-5-23-18(27-15)17(19)20)25-10-14(11)12(7-21)8-24-13-2-4-22-9-13/h3,6-8,10,13,17,22H,2,4-5,9,21H2,1H3,(H,23,27)(H,25,26)/b12-7+,24-8?. The van der Waals surface area contributed by atoms with Crippen molar-refractivity contribution in [2.45, 2.75) is 25.8 Å². The smallest absolute Gasteiger partial charge is 0.295 e. The van der Waals surface area contributed by atoms with Crippen molar-refractivity contribution in [3.63, 3.8) is 0 Å². The third kappa shape index (κ3) is 4.88. The summed E-state index contributed by atoms with van der Waals surface area (Å²) in [5.41, 5.74) is 8.38. The molecule has 5 N–H and O–H groups in total. The molecule has 0 aromatic carbocycles. The number of aryl methyl sites for hydroxylation is 1. The molecule has 0 saturated carbocycles. The van der Waals surface area contributed by atoms with Crippen molar-refractivity contribution in [1.29, 1.82) is 0 Å². The van der Waals surface area contributed by atoms with Crippen molar-refractivity contribution in [1.82, 2.24) is 15.6 Å². The third-order valence-electron chi connectivity index (χ3n) is 4.35. The van der Waals surface area contributed by atoms with E-state index >= 15 is 0 Å². The number of rotatable bonds is 6. The molecule has 1 unspecified atom stereocenters. The Kier molecular flexibility index (Phi) is 6.12. The SMILES string of the molecule is Cc1cc(NC2=CCN=C(C(F)F)N2)ncc1/C(C=NC1CCNC1)=C/N. The van der Waals surface area contributed by atoms with Crippen LogP contribution in [0.2, 0.25) is 0 Å². The zero-order valence-electron chi connectivity index (χ0n) is 15.0. The Hall–Kier alpha value is -2.81. The summed E-state index contributed by atoms with van der Waals surface area (Å²) in [7, 11) is 0. The number of anilines is 1. The minimum absolute atomic E-state index is 0.193. The average molecular weight is 375 g/mol. The molecule has 0 amide bonds. The van der Waals surface area contributed by atoms with Crippen LogP contribution in [0.15, 0.2) is 40.3 Å². The summed E-state index contributed by atoms with van der Waals surface area (Å²) in [4.78, 5) is 12.7. The van der Waals surface area contributed by atoms with Crippen molar-refractivity contribution in [3.8, 4) is 0 Å². The van der Waals surface area contributed by atoms with E-state index in [1.807, 2.05) is 13.0 Å². The average Bonchev–Trinajstić information content (AvgIpc) is 3.17. The van der Waals surface area contributed by atoms with E-state index in [0.717, 1.165) is 36.2 Å². The van der Waals surface area contributed by atoms with Crippen LogP contribution in [-0.4, -0.2) is 49.1 Å². The third-order valence-corrected chi connectivity index (χ3v) is 4.35. The van der Waals surface area contributed by atoms with Gasteiger partial charge in [0.1, 0.15) is 11.6 Å². The summed E-state index contributed by atoms with van der Waals surface area (Å²) in [6, 6.07) is 2.10. The molecule has 0 aliphatic carbocycles. The van der Waals surface area contributed by atoms with Crippen LogP contribution in [0.25, 0.3) is 5.57 Å². The number of nitrogens with one attached hydrogen (secondary N) is 3. The molecule has 0 spiro atoms. The highest BCUT2D eigenvalue weighted by Crippen LogP contribution is 2.20. The molecule has 27 heavy (non-hydrogen) atoms. The van der Waals surface area contributed by atoms with Crippen LogP contribution in [0.3, 0.4) is 0 Å².